The van der Waals surface area contributed by atoms with Crippen molar-refractivity contribution < 1.29 is 15.0 Å². The summed E-state index contributed by atoms with van der Waals surface area (Å²) in [6.45, 7) is 3.70. The highest BCUT2D eigenvalue weighted by Gasteiger charge is 2.19. The van der Waals surface area contributed by atoms with Crippen molar-refractivity contribution in [3.8, 4) is 0 Å². The molecule has 2 aromatic rings. The van der Waals surface area contributed by atoms with Gasteiger partial charge in [-0.25, -0.2) is 14.8 Å². The topological polar surface area (TPSA) is 95.3 Å². The van der Waals surface area contributed by atoms with Crippen LogP contribution in [0.25, 0.3) is 10.2 Å². The monoisotopic (exact) mass is 281 g/mol. The van der Waals surface area contributed by atoms with E-state index in [1.165, 1.54) is 6.33 Å². The number of hydrogen-bond acceptors (Lipinski definition) is 6. The molecule has 6 nitrogen and oxygen atoms in total. The summed E-state index contributed by atoms with van der Waals surface area (Å²) in [5.41, 5.74) is 0.656. The Morgan fingerprint density at radius 2 is 2.26 bits per heavy atom. The van der Waals surface area contributed by atoms with Crippen molar-refractivity contribution in [3.63, 3.8) is 0 Å². The number of aliphatic hydroxyl groups excluding tert-OH is 1. The van der Waals surface area contributed by atoms with Gasteiger partial charge in [-0.05, 0) is 18.9 Å². The minimum atomic E-state index is -0.958. The zero-order valence-electron chi connectivity index (χ0n) is 10.7. The van der Waals surface area contributed by atoms with E-state index in [1.54, 1.807) is 6.92 Å². The molecule has 0 fully saturated rings. The van der Waals surface area contributed by atoms with Crippen LogP contribution in [0.2, 0.25) is 0 Å². The van der Waals surface area contributed by atoms with Gasteiger partial charge in [0.15, 0.2) is 0 Å². The van der Waals surface area contributed by atoms with Crippen LogP contribution in [0.4, 0.5) is 5.82 Å². The van der Waals surface area contributed by atoms with Crippen LogP contribution in [0.5, 0.6) is 0 Å². The fourth-order valence-electron chi connectivity index (χ4n) is 1.86. The first-order valence-electron chi connectivity index (χ1n) is 5.93. The predicted molar refractivity (Wildman–Crippen MR) is 73.9 cm³/mol. The number of thiophene rings is 1. The summed E-state index contributed by atoms with van der Waals surface area (Å²) >= 11 is 1.14. The Hall–Kier alpha value is -1.73. The maximum absolute atomic E-state index is 11.1. The molecular formula is C12H15N3O3S. The van der Waals surface area contributed by atoms with Crippen molar-refractivity contribution in [2.45, 2.75) is 26.3 Å². The smallest absolute Gasteiger partial charge is 0.346 e. The number of nitrogens with one attached hydrogen (secondary N) is 1. The van der Waals surface area contributed by atoms with E-state index >= 15 is 0 Å². The first-order chi connectivity index (χ1) is 9.08. The lowest BCUT2D eigenvalue weighted by molar-refractivity contribution is 0.0701. The molecule has 0 saturated heterocycles. The number of anilines is 1. The number of aromatic nitrogens is 2. The number of carboxylic acid groups (broad SMARTS) is 1. The highest BCUT2D eigenvalue weighted by Crippen LogP contribution is 2.33. The molecule has 1 atom stereocenters. The average molecular weight is 281 g/mol. The Balaban J connectivity index is 2.53. The van der Waals surface area contributed by atoms with E-state index in [9.17, 15) is 9.90 Å². The molecule has 0 saturated carbocycles. The van der Waals surface area contributed by atoms with Gasteiger partial charge in [0, 0.05) is 0 Å². The van der Waals surface area contributed by atoms with Gasteiger partial charge in [0.1, 0.15) is 21.9 Å². The number of aryl methyl sites for hydroxylation is 1. The van der Waals surface area contributed by atoms with Crippen molar-refractivity contribution in [3.05, 3.63) is 16.8 Å². The van der Waals surface area contributed by atoms with Crippen LogP contribution in [0, 0.1) is 6.92 Å². The maximum Gasteiger partial charge on any atom is 0.346 e. The van der Waals surface area contributed by atoms with Crippen LogP contribution in [0.1, 0.15) is 28.6 Å². The number of carbonyl (C=O) groups is 1. The summed E-state index contributed by atoms with van der Waals surface area (Å²) in [5, 5.41) is 22.2. The van der Waals surface area contributed by atoms with Crippen LogP contribution in [0.15, 0.2) is 6.33 Å². The van der Waals surface area contributed by atoms with Crippen LogP contribution in [-0.4, -0.2) is 38.8 Å². The largest absolute Gasteiger partial charge is 0.477 e. The Kier molecular flexibility index (Phi) is 3.96. The normalized spacial score (nSPS) is 12.6. The molecule has 0 aliphatic rings. The molecule has 2 heterocycles. The molecule has 0 bridgehead atoms. The number of aromatic carboxylic acids is 1. The molecule has 2 rings (SSSR count). The number of hydrogen-bond donors (Lipinski definition) is 3. The summed E-state index contributed by atoms with van der Waals surface area (Å²) in [4.78, 5) is 20.3. The first kappa shape index (κ1) is 13.7. The van der Waals surface area contributed by atoms with E-state index < -0.39 is 5.97 Å². The van der Waals surface area contributed by atoms with Crippen molar-refractivity contribution in [2.75, 3.05) is 11.9 Å². The summed E-state index contributed by atoms with van der Waals surface area (Å²) < 4.78 is 0. The lowest BCUT2D eigenvalue weighted by Gasteiger charge is -2.15. The van der Waals surface area contributed by atoms with Gasteiger partial charge in [0.2, 0.25) is 0 Å². The molecule has 102 valence electrons. The molecule has 0 aliphatic carbocycles. The molecule has 0 spiro atoms. The van der Waals surface area contributed by atoms with Crippen LogP contribution >= 0.6 is 11.3 Å². The Morgan fingerprint density at radius 3 is 2.84 bits per heavy atom. The lowest BCUT2D eigenvalue weighted by Crippen LogP contribution is -2.23. The number of nitrogens with zero attached hydrogens (tertiary/aromatic N) is 2. The van der Waals surface area contributed by atoms with Crippen molar-refractivity contribution in [1.82, 2.24) is 9.97 Å². The second-order valence-electron chi connectivity index (χ2n) is 4.20. The fraction of sp³-hybridized carbons (Fsp3) is 0.417. The third-order valence-corrected chi connectivity index (χ3v) is 4.16. The summed E-state index contributed by atoms with van der Waals surface area (Å²) in [6, 6.07) is -0.106. The van der Waals surface area contributed by atoms with Gasteiger partial charge in [-0.1, -0.05) is 6.92 Å². The van der Waals surface area contributed by atoms with Crippen molar-refractivity contribution in [2.24, 2.45) is 0 Å². The molecule has 19 heavy (non-hydrogen) atoms. The average Bonchev–Trinajstić information content (AvgIpc) is 2.74. The fourth-order valence-corrected chi connectivity index (χ4v) is 2.84. The van der Waals surface area contributed by atoms with Crippen LogP contribution in [0.3, 0.4) is 0 Å². The Bertz CT molecular complexity index is 608. The van der Waals surface area contributed by atoms with Gasteiger partial charge in [0.25, 0.3) is 0 Å². The summed E-state index contributed by atoms with van der Waals surface area (Å²) in [6.07, 6.45) is 2.15. The standard InChI is InChI=1S/C12H15N3O3S/c1-3-7(4-16)15-10-8-6(2)9(12(17)18)19-11(8)14-5-13-10/h5,7,16H,3-4H2,1-2H3,(H,17,18)(H,13,14,15). The minimum absolute atomic E-state index is 0.00301. The quantitative estimate of drug-likeness (QED) is 0.774. The van der Waals surface area contributed by atoms with E-state index in [2.05, 4.69) is 15.3 Å². The van der Waals surface area contributed by atoms with Gasteiger partial charge in [-0.15, -0.1) is 11.3 Å². The molecule has 7 heteroatoms. The summed E-state index contributed by atoms with van der Waals surface area (Å²) in [5.74, 6) is -0.382. The van der Waals surface area contributed by atoms with E-state index in [0.717, 1.165) is 23.1 Å². The Morgan fingerprint density at radius 1 is 1.53 bits per heavy atom. The highest BCUT2D eigenvalue weighted by molar-refractivity contribution is 7.20. The molecule has 0 amide bonds. The molecule has 3 N–H and O–H groups in total. The first-order valence-corrected chi connectivity index (χ1v) is 6.74. The Labute approximate surface area is 114 Å². The van der Waals surface area contributed by atoms with E-state index in [0.29, 0.717) is 16.2 Å². The second-order valence-corrected chi connectivity index (χ2v) is 5.19. The van der Waals surface area contributed by atoms with Crippen molar-refractivity contribution in [1.29, 1.82) is 0 Å². The molecule has 1 unspecified atom stereocenters. The molecular weight excluding hydrogens is 266 g/mol. The van der Waals surface area contributed by atoms with Gasteiger partial charge in [-0.3, -0.25) is 0 Å². The molecule has 0 aliphatic heterocycles. The zero-order chi connectivity index (χ0) is 14.0. The SMILES string of the molecule is CCC(CO)Nc1ncnc2sc(C(=O)O)c(C)c12. The molecule has 0 radical (unpaired) electrons. The molecule has 2 aromatic heterocycles. The van der Waals surface area contributed by atoms with Crippen LogP contribution in [-0.2, 0) is 0 Å². The lowest BCUT2D eigenvalue weighted by atomic mass is 10.2. The number of carboxylic acids is 1. The second kappa shape index (κ2) is 5.50. The summed E-state index contributed by atoms with van der Waals surface area (Å²) in [7, 11) is 0. The van der Waals surface area contributed by atoms with E-state index in [1.807, 2.05) is 6.92 Å². The number of rotatable bonds is 5. The maximum atomic E-state index is 11.1. The highest BCUT2D eigenvalue weighted by atomic mass is 32.1. The number of aliphatic hydroxyl groups is 1. The van der Waals surface area contributed by atoms with E-state index in [4.69, 9.17) is 5.11 Å². The number of fused-ring (bicyclic) bond motifs is 1. The van der Waals surface area contributed by atoms with Gasteiger partial charge < -0.3 is 15.5 Å². The van der Waals surface area contributed by atoms with E-state index in [-0.39, 0.29) is 17.5 Å². The zero-order valence-corrected chi connectivity index (χ0v) is 11.5. The van der Waals surface area contributed by atoms with Gasteiger partial charge >= 0.3 is 5.97 Å². The minimum Gasteiger partial charge on any atom is -0.477 e. The molecule has 0 aromatic carbocycles. The van der Waals surface area contributed by atoms with Crippen LogP contribution < -0.4 is 5.32 Å². The third kappa shape index (κ3) is 2.52. The third-order valence-electron chi connectivity index (χ3n) is 2.98. The van der Waals surface area contributed by atoms with Crippen molar-refractivity contribution >= 4 is 33.3 Å². The predicted octanol–water partition coefficient (Wildman–Crippen LogP) is 1.88. The van der Waals surface area contributed by atoms with Gasteiger partial charge in [0.05, 0.1) is 18.0 Å². The van der Waals surface area contributed by atoms with Gasteiger partial charge in [-0.2, -0.15) is 0 Å².